The van der Waals surface area contributed by atoms with E-state index in [0.717, 1.165) is 11.6 Å². The molecule has 1 aromatic carbocycles. The summed E-state index contributed by atoms with van der Waals surface area (Å²) in [4.78, 5) is 11.7. The standard InChI is InChI=1S/C13H13ClN2O5S/c1-20-10-5-3-9(4-6-10)8-16-11(13(17)21-2)7-12(15-16)22(14,18)19/h3-7H,8H2,1-2H3. The zero-order valence-corrected chi connectivity index (χ0v) is 13.4. The minimum Gasteiger partial charge on any atom is -0.497 e. The largest absolute Gasteiger partial charge is 0.497 e. The highest BCUT2D eigenvalue weighted by molar-refractivity contribution is 8.13. The van der Waals surface area contributed by atoms with Crippen molar-refractivity contribution in [1.82, 2.24) is 9.78 Å². The molecule has 0 bridgehead atoms. The molecule has 0 aliphatic carbocycles. The number of halogens is 1. The first-order chi connectivity index (χ1) is 10.3. The number of ether oxygens (including phenoxy) is 2. The quantitative estimate of drug-likeness (QED) is 0.605. The van der Waals surface area contributed by atoms with E-state index in [9.17, 15) is 13.2 Å². The summed E-state index contributed by atoms with van der Waals surface area (Å²) >= 11 is 0. The van der Waals surface area contributed by atoms with Crippen molar-refractivity contribution in [3.05, 3.63) is 41.6 Å². The second-order valence-corrected chi connectivity index (χ2v) is 6.82. The normalized spacial score (nSPS) is 11.2. The summed E-state index contributed by atoms with van der Waals surface area (Å²) in [5, 5.41) is 3.45. The minimum atomic E-state index is -4.04. The Labute approximate surface area is 131 Å². The van der Waals surface area contributed by atoms with Gasteiger partial charge in [0.2, 0.25) is 0 Å². The summed E-state index contributed by atoms with van der Waals surface area (Å²) in [7, 11) is 3.97. The molecule has 118 valence electrons. The molecule has 0 radical (unpaired) electrons. The van der Waals surface area contributed by atoms with E-state index in [1.165, 1.54) is 11.8 Å². The molecular weight excluding hydrogens is 332 g/mol. The Kier molecular flexibility index (Phi) is 4.72. The van der Waals surface area contributed by atoms with Crippen molar-refractivity contribution in [2.45, 2.75) is 11.6 Å². The smallest absolute Gasteiger partial charge is 0.356 e. The topological polar surface area (TPSA) is 87.5 Å². The minimum absolute atomic E-state index is 0.00227. The molecule has 2 aromatic rings. The Morgan fingerprint density at radius 2 is 1.91 bits per heavy atom. The molecule has 0 atom stereocenters. The van der Waals surface area contributed by atoms with Gasteiger partial charge in [-0.1, -0.05) is 12.1 Å². The van der Waals surface area contributed by atoms with Gasteiger partial charge in [0.15, 0.2) is 5.03 Å². The number of hydrogen-bond donors (Lipinski definition) is 0. The lowest BCUT2D eigenvalue weighted by molar-refractivity contribution is 0.0587. The van der Waals surface area contributed by atoms with Crippen LogP contribution in [-0.2, 0) is 20.3 Å². The Morgan fingerprint density at radius 3 is 2.41 bits per heavy atom. The van der Waals surface area contributed by atoms with Gasteiger partial charge in [-0.05, 0) is 17.7 Å². The number of rotatable bonds is 5. The summed E-state index contributed by atoms with van der Waals surface area (Å²) in [6, 6.07) is 8.12. The Balaban J connectivity index is 2.39. The second-order valence-electron chi connectivity index (χ2n) is 4.30. The van der Waals surface area contributed by atoms with Crippen LogP contribution >= 0.6 is 10.7 Å². The number of nitrogens with zero attached hydrogens (tertiary/aromatic N) is 2. The zero-order chi connectivity index (χ0) is 16.3. The van der Waals surface area contributed by atoms with E-state index < -0.39 is 20.0 Å². The van der Waals surface area contributed by atoms with Crippen molar-refractivity contribution in [2.24, 2.45) is 0 Å². The van der Waals surface area contributed by atoms with Crippen LogP contribution in [0.5, 0.6) is 5.75 Å². The van der Waals surface area contributed by atoms with Gasteiger partial charge in [-0.3, -0.25) is 4.68 Å². The third-order valence-corrected chi connectivity index (χ3v) is 4.07. The Hall–Kier alpha value is -2.06. The maximum absolute atomic E-state index is 11.7. The van der Waals surface area contributed by atoms with Crippen LogP contribution in [0, 0.1) is 0 Å². The van der Waals surface area contributed by atoms with E-state index in [4.69, 9.17) is 15.4 Å². The Morgan fingerprint density at radius 1 is 1.27 bits per heavy atom. The van der Waals surface area contributed by atoms with Crippen LogP contribution in [-0.4, -0.2) is 38.4 Å². The van der Waals surface area contributed by atoms with Gasteiger partial charge < -0.3 is 9.47 Å². The fourth-order valence-electron chi connectivity index (χ4n) is 1.81. The molecule has 0 unspecified atom stereocenters. The predicted molar refractivity (Wildman–Crippen MR) is 78.7 cm³/mol. The lowest BCUT2D eigenvalue weighted by atomic mass is 10.2. The van der Waals surface area contributed by atoms with Gasteiger partial charge in [-0.15, -0.1) is 0 Å². The molecule has 0 spiro atoms. The predicted octanol–water partition coefficient (Wildman–Crippen LogP) is 1.65. The maximum atomic E-state index is 11.7. The van der Waals surface area contributed by atoms with E-state index in [0.29, 0.717) is 5.75 Å². The highest BCUT2D eigenvalue weighted by atomic mass is 35.7. The van der Waals surface area contributed by atoms with Crippen molar-refractivity contribution < 1.29 is 22.7 Å². The summed E-state index contributed by atoms with van der Waals surface area (Å²) in [6.07, 6.45) is 0. The van der Waals surface area contributed by atoms with Crippen LogP contribution in [0.1, 0.15) is 16.1 Å². The number of aromatic nitrogens is 2. The first-order valence-electron chi connectivity index (χ1n) is 6.09. The molecule has 9 heteroatoms. The van der Waals surface area contributed by atoms with Gasteiger partial charge >= 0.3 is 5.97 Å². The van der Waals surface area contributed by atoms with Crippen LogP contribution in [0.15, 0.2) is 35.4 Å². The van der Waals surface area contributed by atoms with Crippen molar-refractivity contribution >= 4 is 25.7 Å². The number of carbonyl (C=O) groups excluding carboxylic acids is 1. The van der Waals surface area contributed by atoms with Gasteiger partial charge in [-0.2, -0.15) is 5.10 Å². The van der Waals surface area contributed by atoms with E-state index >= 15 is 0 Å². The molecule has 0 saturated heterocycles. The number of hydrogen-bond acceptors (Lipinski definition) is 6. The number of methoxy groups -OCH3 is 2. The highest BCUT2D eigenvalue weighted by Gasteiger charge is 2.22. The molecular formula is C13H13ClN2O5S. The van der Waals surface area contributed by atoms with Crippen LogP contribution in [0.2, 0.25) is 0 Å². The van der Waals surface area contributed by atoms with Crippen molar-refractivity contribution in [2.75, 3.05) is 14.2 Å². The van der Waals surface area contributed by atoms with Gasteiger partial charge in [0, 0.05) is 16.7 Å². The number of carbonyl (C=O) groups is 1. The first-order valence-corrected chi connectivity index (χ1v) is 8.40. The van der Waals surface area contributed by atoms with Gasteiger partial charge in [0.25, 0.3) is 9.05 Å². The lowest BCUT2D eigenvalue weighted by Gasteiger charge is -2.07. The van der Waals surface area contributed by atoms with Gasteiger partial charge in [0.1, 0.15) is 11.4 Å². The van der Waals surface area contributed by atoms with Crippen LogP contribution in [0.3, 0.4) is 0 Å². The Bertz CT molecular complexity index is 783. The fourth-order valence-corrected chi connectivity index (χ4v) is 2.48. The van der Waals surface area contributed by atoms with Crippen molar-refractivity contribution in [3.63, 3.8) is 0 Å². The SMILES string of the molecule is COC(=O)c1cc(S(=O)(=O)Cl)nn1Cc1ccc(OC)cc1. The van der Waals surface area contributed by atoms with Crippen LogP contribution in [0.4, 0.5) is 0 Å². The van der Waals surface area contributed by atoms with E-state index in [1.807, 2.05) is 0 Å². The molecule has 0 aliphatic heterocycles. The number of benzene rings is 1. The molecule has 7 nitrogen and oxygen atoms in total. The second kappa shape index (κ2) is 6.37. The third kappa shape index (κ3) is 3.58. The highest BCUT2D eigenvalue weighted by Crippen LogP contribution is 2.18. The maximum Gasteiger partial charge on any atom is 0.356 e. The van der Waals surface area contributed by atoms with Crippen molar-refractivity contribution in [1.29, 1.82) is 0 Å². The average molecular weight is 345 g/mol. The molecule has 0 saturated carbocycles. The molecule has 0 fully saturated rings. The van der Waals surface area contributed by atoms with E-state index in [2.05, 4.69) is 9.84 Å². The molecule has 22 heavy (non-hydrogen) atoms. The monoisotopic (exact) mass is 344 g/mol. The first kappa shape index (κ1) is 16.3. The van der Waals surface area contributed by atoms with Crippen LogP contribution < -0.4 is 4.74 Å². The lowest BCUT2D eigenvalue weighted by Crippen LogP contribution is -2.12. The molecule has 0 aliphatic rings. The van der Waals surface area contributed by atoms with Gasteiger partial charge in [0.05, 0.1) is 20.8 Å². The molecule has 0 amide bonds. The zero-order valence-electron chi connectivity index (χ0n) is 11.8. The molecule has 0 N–H and O–H groups in total. The van der Waals surface area contributed by atoms with Crippen LogP contribution in [0.25, 0.3) is 0 Å². The fraction of sp³-hybridized carbons (Fsp3) is 0.231. The summed E-state index contributed by atoms with van der Waals surface area (Å²) in [5.74, 6) is -0.0194. The van der Waals surface area contributed by atoms with E-state index in [1.54, 1.807) is 31.4 Å². The third-order valence-electron chi connectivity index (χ3n) is 2.89. The summed E-state index contributed by atoms with van der Waals surface area (Å²) in [5.41, 5.74) is 0.796. The summed E-state index contributed by atoms with van der Waals surface area (Å²) in [6.45, 7) is 0.181. The molecule has 1 aromatic heterocycles. The van der Waals surface area contributed by atoms with Gasteiger partial charge in [-0.25, -0.2) is 13.2 Å². The molecule has 1 heterocycles. The average Bonchev–Trinajstić information content (AvgIpc) is 2.91. The summed E-state index contributed by atoms with van der Waals surface area (Å²) < 4.78 is 33.6. The molecule has 2 rings (SSSR count). The van der Waals surface area contributed by atoms with Crippen molar-refractivity contribution in [3.8, 4) is 5.75 Å². The number of esters is 1. The van der Waals surface area contributed by atoms with E-state index in [-0.39, 0.29) is 12.2 Å².